The van der Waals surface area contributed by atoms with Gasteiger partial charge in [-0.3, -0.25) is 9.59 Å². The van der Waals surface area contributed by atoms with E-state index < -0.39 is 0 Å². The van der Waals surface area contributed by atoms with Crippen LogP contribution < -0.4 is 0 Å². The molecule has 0 spiro atoms. The van der Waals surface area contributed by atoms with Crippen molar-refractivity contribution in [2.45, 2.75) is 90.6 Å². The molecule has 2 saturated heterocycles. The molecule has 0 aromatic rings. The third-order valence-corrected chi connectivity index (χ3v) is 6.19. The number of ether oxygens (including phenoxy) is 2. The van der Waals surface area contributed by atoms with Gasteiger partial charge in [-0.05, 0) is 67.2 Å². The van der Waals surface area contributed by atoms with Crippen LogP contribution in [0.5, 0.6) is 0 Å². The highest BCUT2D eigenvalue weighted by Crippen LogP contribution is 2.34. The summed E-state index contributed by atoms with van der Waals surface area (Å²) in [7, 11) is 0. The fourth-order valence-electron chi connectivity index (χ4n) is 5.35. The molecule has 2 aliphatic heterocycles. The second kappa shape index (κ2) is 7.94. The zero-order valence-electron chi connectivity index (χ0n) is 18.5. The van der Waals surface area contributed by atoms with Gasteiger partial charge in [0.05, 0.1) is 23.4 Å². The van der Waals surface area contributed by atoms with Crippen LogP contribution in [0.15, 0.2) is 0 Å². The van der Waals surface area contributed by atoms with Gasteiger partial charge in [0, 0.05) is 38.0 Å². The number of nitrogens with zero attached hydrogens (tertiary/aromatic N) is 2. The van der Waals surface area contributed by atoms with Crippen molar-refractivity contribution in [2.24, 2.45) is 11.8 Å². The van der Waals surface area contributed by atoms with Gasteiger partial charge in [0.15, 0.2) is 0 Å². The number of amides is 2. The molecule has 160 valence electrons. The Morgan fingerprint density at radius 1 is 0.714 bits per heavy atom. The van der Waals surface area contributed by atoms with Crippen LogP contribution in [-0.2, 0) is 19.1 Å². The molecule has 2 heterocycles. The Bertz CT molecular complexity index is 543. The maximum Gasteiger partial charge on any atom is 0.225 e. The van der Waals surface area contributed by atoms with E-state index in [1.54, 1.807) is 0 Å². The van der Waals surface area contributed by atoms with E-state index in [1.807, 2.05) is 51.3 Å². The van der Waals surface area contributed by atoms with Crippen molar-refractivity contribution < 1.29 is 19.1 Å². The van der Waals surface area contributed by atoms with Crippen molar-refractivity contribution in [3.63, 3.8) is 0 Å². The molecule has 0 aromatic carbocycles. The van der Waals surface area contributed by atoms with Gasteiger partial charge in [-0.2, -0.15) is 0 Å². The first-order valence-corrected chi connectivity index (χ1v) is 10.9. The summed E-state index contributed by atoms with van der Waals surface area (Å²) < 4.78 is 11.9. The Hall–Kier alpha value is -1.14. The zero-order valence-corrected chi connectivity index (χ0v) is 18.5. The molecule has 0 aromatic heterocycles. The Morgan fingerprint density at radius 2 is 1.04 bits per heavy atom. The fraction of sp³-hybridized carbons (Fsp3) is 0.909. The van der Waals surface area contributed by atoms with Crippen LogP contribution in [0.25, 0.3) is 0 Å². The van der Waals surface area contributed by atoms with Crippen molar-refractivity contribution in [1.29, 1.82) is 0 Å². The van der Waals surface area contributed by atoms with Crippen LogP contribution in [0.3, 0.4) is 0 Å². The van der Waals surface area contributed by atoms with Gasteiger partial charge in [-0.25, -0.2) is 0 Å². The van der Waals surface area contributed by atoms with Gasteiger partial charge in [0.25, 0.3) is 0 Å². The third kappa shape index (κ3) is 5.07. The number of carbonyl (C=O) groups is 2. The molecule has 1 aliphatic carbocycles. The molecule has 0 N–H and O–H groups in total. The van der Waals surface area contributed by atoms with Gasteiger partial charge in [-0.15, -0.1) is 0 Å². The topological polar surface area (TPSA) is 59.1 Å². The molecular formula is C22H38N2O4. The van der Waals surface area contributed by atoms with Crippen LogP contribution in [-0.4, -0.2) is 71.2 Å². The van der Waals surface area contributed by atoms with Gasteiger partial charge in [0.2, 0.25) is 11.8 Å². The molecular weight excluding hydrogens is 356 g/mol. The molecule has 3 rings (SSSR count). The average molecular weight is 395 g/mol. The molecule has 2 unspecified atom stereocenters. The van der Waals surface area contributed by atoms with Crippen LogP contribution >= 0.6 is 0 Å². The van der Waals surface area contributed by atoms with Crippen LogP contribution in [0.1, 0.15) is 67.2 Å². The van der Waals surface area contributed by atoms with Crippen LogP contribution in [0, 0.1) is 11.8 Å². The second-order valence-corrected chi connectivity index (χ2v) is 10.4. The van der Waals surface area contributed by atoms with E-state index >= 15 is 0 Å². The standard InChI is InChI=1S/C22H38N2O4/c1-15-11-23(13-21(3,4)27-15)19(25)17-7-9-18(10-8-17)20(26)24-12-16(2)28-22(5,6)14-24/h15-18H,7-14H2,1-6H3. The minimum atomic E-state index is -0.291. The highest BCUT2D eigenvalue weighted by atomic mass is 16.5. The lowest BCUT2D eigenvalue weighted by Gasteiger charge is -2.44. The Morgan fingerprint density at radius 3 is 1.32 bits per heavy atom. The highest BCUT2D eigenvalue weighted by molar-refractivity contribution is 5.81. The maximum atomic E-state index is 13.1. The molecule has 1 saturated carbocycles. The van der Waals surface area contributed by atoms with Gasteiger partial charge >= 0.3 is 0 Å². The number of rotatable bonds is 2. The van der Waals surface area contributed by atoms with E-state index in [1.165, 1.54) is 0 Å². The summed E-state index contributed by atoms with van der Waals surface area (Å²) in [5.41, 5.74) is -0.583. The summed E-state index contributed by atoms with van der Waals surface area (Å²) in [6.07, 6.45) is 3.37. The fourth-order valence-corrected chi connectivity index (χ4v) is 5.35. The number of hydrogen-bond acceptors (Lipinski definition) is 4. The second-order valence-electron chi connectivity index (χ2n) is 10.4. The molecule has 3 fully saturated rings. The molecule has 6 heteroatoms. The van der Waals surface area contributed by atoms with E-state index in [9.17, 15) is 9.59 Å². The Balaban J connectivity index is 1.54. The van der Waals surface area contributed by atoms with Gasteiger partial charge < -0.3 is 19.3 Å². The van der Waals surface area contributed by atoms with Crippen molar-refractivity contribution in [1.82, 2.24) is 9.80 Å². The summed E-state index contributed by atoms with van der Waals surface area (Å²) >= 11 is 0. The van der Waals surface area contributed by atoms with Crippen LogP contribution in [0.4, 0.5) is 0 Å². The lowest BCUT2D eigenvalue weighted by Crippen LogP contribution is -2.56. The van der Waals surface area contributed by atoms with Crippen molar-refractivity contribution >= 4 is 11.8 Å². The highest BCUT2D eigenvalue weighted by Gasteiger charge is 2.40. The number of morpholine rings is 2. The first kappa shape index (κ1) is 21.6. The molecule has 0 bridgehead atoms. The van der Waals surface area contributed by atoms with Crippen molar-refractivity contribution in [2.75, 3.05) is 26.2 Å². The summed E-state index contributed by atoms with van der Waals surface area (Å²) in [4.78, 5) is 30.1. The average Bonchev–Trinajstić information content (AvgIpc) is 2.57. The molecule has 2 atom stereocenters. The van der Waals surface area contributed by atoms with E-state index in [0.717, 1.165) is 25.7 Å². The molecule has 28 heavy (non-hydrogen) atoms. The first-order chi connectivity index (χ1) is 13.0. The molecule has 0 radical (unpaired) electrons. The van der Waals surface area contributed by atoms with Crippen molar-refractivity contribution in [3.8, 4) is 0 Å². The molecule has 6 nitrogen and oxygen atoms in total. The van der Waals surface area contributed by atoms with Crippen LogP contribution in [0.2, 0.25) is 0 Å². The quantitative estimate of drug-likeness (QED) is 0.723. The van der Waals surface area contributed by atoms with E-state index in [4.69, 9.17) is 9.47 Å². The molecule has 3 aliphatic rings. The largest absolute Gasteiger partial charge is 0.369 e. The van der Waals surface area contributed by atoms with Gasteiger partial charge in [0.1, 0.15) is 0 Å². The zero-order chi connectivity index (χ0) is 20.7. The molecule has 2 amide bonds. The lowest BCUT2D eigenvalue weighted by atomic mass is 9.80. The minimum absolute atomic E-state index is 0.0465. The Kier molecular flexibility index (Phi) is 6.12. The predicted octanol–water partition coefficient (Wildman–Crippen LogP) is 2.84. The summed E-state index contributed by atoms with van der Waals surface area (Å²) in [5.74, 6) is 0.584. The smallest absolute Gasteiger partial charge is 0.225 e. The van der Waals surface area contributed by atoms with Gasteiger partial charge in [-0.1, -0.05) is 0 Å². The van der Waals surface area contributed by atoms with E-state index in [-0.39, 0.29) is 47.1 Å². The first-order valence-electron chi connectivity index (χ1n) is 10.9. The summed E-state index contributed by atoms with van der Waals surface area (Å²) in [5, 5.41) is 0. The number of hydrogen-bond donors (Lipinski definition) is 0. The minimum Gasteiger partial charge on any atom is -0.369 e. The van der Waals surface area contributed by atoms with Crippen molar-refractivity contribution in [3.05, 3.63) is 0 Å². The monoisotopic (exact) mass is 394 g/mol. The lowest BCUT2D eigenvalue weighted by molar-refractivity contribution is -0.165. The normalized spacial score (nSPS) is 35.5. The van der Waals surface area contributed by atoms with E-state index in [0.29, 0.717) is 26.2 Å². The Labute approximate surface area is 169 Å². The number of carbonyl (C=O) groups excluding carboxylic acids is 2. The predicted molar refractivity (Wildman–Crippen MR) is 108 cm³/mol. The maximum absolute atomic E-state index is 13.1. The SMILES string of the molecule is CC1CN(C(=O)C2CCC(C(=O)N3CC(C)OC(C)(C)C3)CC2)CC(C)(C)O1. The summed E-state index contributed by atoms with van der Waals surface area (Å²) in [6.45, 7) is 14.9. The third-order valence-electron chi connectivity index (χ3n) is 6.19. The van der Waals surface area contributed by atoms with E-state index in [2.05, 4.69) is 0 Å². The summed E-state index contributed by atoms with van der Waals surface area (Å²) in [6, 6.07) is 0.